The molecule has 2 unspecified atom stereocenters. The highest BCUT2D eigenvalue weighted by molar-refractivity contribution is 5.90. The van der Waals surface area contributed by atoms with E-state index in [1.165, 1.54) is 0 Å². The fraction of sp³-hybridized carbons (Fsp3) is 0.292. The van der Waals surface area contributed by atoms with Crippen LogP contribution in [-0.4, -0.2) is 50.2 Å². The summed E-state index contributed by atoms with van der Waals surface area (Å²) in [6, 6.07) is 13.7. The predicted molar refractivity (Wildman–Crippen MR) is 115 cm³/mol. The fourth-order valence-corrected chi connectivity index (χ4v) is 4.10. The third-order valence-corrected chi connectivity index (χ3v) is 5.75. The van der Waals surface area contributed by atoms with Crippen LogP contribution in [0, 0.1) is 0 Å². The minimum atomic E-state index is -0.910. The van der Waals surface area contributed by atoms with Crippen molar-refractivity contribution < 1.29 is 14.6 Å². The molecule has 1 N–H and O–H groups in total. The van der Waals surface area contributed by atoms with E-state index in [2.05, 4.69) is 43.3 Å². The van der Waals surface area contributed by atoms with Crippen LogP contribution in [0.15, 0.2) is 65.9 Å². The van der Waals surface area contributed by atoms with Crippen molar-refractivity contribution in [3.05, 3.63) is 82.6 Å². The minimum absolute atomic E-state index is 0.170. The van der Waals surface area contributed by atoms with Gasteiger partial charge < -0.3 is 19.6 Å². The Balaban J connectivity index is 1.90. The van der Waals surface area contributed by atoms with Crippen molar-refractivity contribution in [3.8, 4) is 5.75 Å². The topological polar surface area (TPSA) is 53.0 Å². The molecular formula is C24H26N2O3. The molecule has 0 fully saturated rings. The summed E-state index contributed by atoms with van der Waals surface area (Å²) in [6.07, 6.45) is 5.05. The Kier molecular flexibility index (Phi) is 4.92. The van der Waals surface area contributed by atoms with Crippen LogP contribution in [0.5, 0.6) is 5.75 Å². The van der Waals surface area contributed by atoms with E-state index in [0.29, 0.717) is 5.56 Å². The monoisotopic (exact) mass is 390 g/mol. The second-order valence-electron chi connectivity index (χ2n) is 8.02. The number of allylic oxidation sites excluding steroid dienone is 2. The van der Waals surface area contributed by atoms with Crippen LogP contribution >= 0.6 is 0 Å². The Labute approximate surface area is 171 Å². The van der Waals surface area contributed by atoms with Crippen LogP contribution in [0.1, 0.15) is 33.8 Å². The average Bonchev–Trinajstić information content (AvgIpc) is 2.70. The van der Waals surface area contributed by atoms with Crippen molar-refractivity contribution in [2.24, 2.45) is 0 Å². The Morgan fingerprint density at radius 3 is 2.52 bits per heavy atom. The maximum atomic E-state index is 11.9. The number of carboxylic acid groups (broad SMARTS) is 1. The molecular weight excluding hydrogens is 364 g/mol. The van der Waals surface area contributed by atoms with Gasteiger partial charge in [-0.3, -0.25) is 0 Å². The lowest BCUT2D eigenvalue weighted by atomic mass is 9.78. The number of carboxylic acids is 1. The first-order chi connectivity index (χ1) is 13.9. The molecule has 1 aliphatic carbocycles. The third-order valence-electron chi connectivity index (χ3n) is 5.75. The molecule has 5 nitrogen and oxygen atoms in total. The van der Waals surface area contributed by atoms with Gasteiger partial charge in [-0.15, -0.1) is 0 Å². The molecule has 0 aromatic heterocycles. The molecule has 5 heteroatoms. The lowest BCUT2D eigenvalue weighted by Crippen LogP contribution is -2.31. The largest absolute Gasteiger partial charge is 0.478 e. The minimum Gasteiger partial charge on any atom is -0.478 e. The van der Waals surface area contributed by atoms with Gasteiger partial charge in [0.25, 0.3) is 0 Å². The quantitative estimate of drug-likeness (QED) is 0.851. The predicted octanol–water partition coefficient (Wildman–Crippen LogP) is 4.12. The molecule has 0 saturated heterocycles. The molecule has 150 valence electrons. The first-order valence-corrected chi connectivity index (χ1v) is 9.76. The number of hydrogen-bond donors (Lipinski definition) is 1. The van der Waals surface area contributed by atoms with Gasteiger partial charge >= 0.3 is 5.97 Å². The van der Waals surface area contributed by atoms with Crippen LogP contribution in [-0.2, 0) is 0 Å². The van der Waals surface area contributed by atoms with E-state index in [1.54, 1.807) is 12.1 Å². The van der Waals surface area contributed by atoms with Gasteiger partial charge in [-0.05, 0) is 31.8 Å². The van der Waals surface area contributed by atoms with Gasteiger partial charge in [0, 0.05) is 55.4 Å². The second kappa shape index (κ2) is 7.41. The van der Waals surface area contributed by atoms with Gasteiger partial charge in [-0.25, -0.2) is 4.79 Å². The highest BCUT2D eigenvalue weighted by atomic mass is 16.5. The van der Waals surface area contributed by atoms with Crippen LogP contribution in [0.4, 0.5) is 5.69 Å². The van der Waals surface area contributed by atoms with E-state index < -0.39 is 5.97 Å². The van der Waals surface area contributed by atoms with Crippen LogP contribution in [0.2, 0.25) is 0 Å². The maximum Gasteiger partial charge on any atom is 0.335 e. The molecule has 1 heterocycles. The number of rotatable bonds is 4. The SMILES string of the molecule is CN(C)c1ccc2c(c1)OC1=C(C=CC(N(C)C)C1)C2c1ccccc1C(=O)O. The molecule has 2 atom stereocenters. The van der Waals surface area contributed by atoms with Crippen LogP contribution < -0.4 is 9.64 Å². The van der Waals surface area contributed by atoms with E-state index in [-0.39, 0.29) is 12.0 Å². The zero-order valence-electron chi connectivity index (χ0n) is 17.2. The number of anilines is 1. The van der Waals surface area contributed by atoms with Crippen molar-refractivity contribution in [1.82, 2.24) is 4.90 Å². The Bertz CT molecular complexity index is 1020. The molecule has 2 aromatic carbocycles. The second-order valence-corrected chi connectivity index (χ2v) is 8.02. The Morgan fingerprint density at radius 1 is 1.07 bits per heavy atom. The van der Waals surface area contributed by atoms with E-state index in [9.17, 15) is 9.90 Å². The number of benzene rings is 2. The summed E-state index contributed by atoms with van der Waals surface area (Å²) >= 11 is 0. The van der Waals surface area contributed by atoms with Crippen molar-refractivity contribution in [2.75, 3.05) is 33.1 Å². The summed E-state index contributed by atoms with van der Waals surface area (Å²) in [5.41, 5.74) is 4.21. The lowest BCUT2D eigenvalue weighted by molar-refractivity contribution is 0.0695. The van der Waals surface area contributed by atoms with Crippen molar-refractivity contribution >= 4 is 11.7 Å². The summed E-state index contributed by atoms with van der Waals surface area (Å²) in [5, 5.41) is 9.79. The van der Waals surface area contributed by atoms with Crippen LogP contribution in [0.25, 0.3) is 0 Å². The Hall–Kier alpha value is -3.05. The zero-order valence-corrected chi connectivity index (χ0v) is 17.2. The van der Waals surface area contributed by atoms with Crippen LogP contribution in [0.3, 0.4) is 0 Å². The zero-order chi connectivity index (χ0) is 20.7. The van der Waals surface area contributed by atoms with Gasteiger partial charge in [0.1, 0.15) is 11.5 Å². The molecule has 0 radical (unpaired) electrons. The molecule has 2 aromatic rings. The third kappa shape index (κ3) is 3.42. The summed E-state index contributed by atoms with van der Waals surface area (Å²) in [5.74, 6) is 0.635. The molecule has 0 saturated carbocycles. The molecule has 4 rings (SSSR count). The number of hydrogen-bond acceptors (Lipinski definition) is 4. The molecule has 29 heavy (non-hydrogen) atoms. The van der Waals surface area contributed by atoms with Gasteiger partial charge in [0.15, 0.2) is 0 Å². The first-order valence-electron chi connectivity index (χ1n) is 9.76. The van der Waals surface area contributed by atoms with E-state index in [4.69, 9.17) is 4.74 Å². The molecule has 2 aliphatic rings. The standard InChI is InChI=1S/C24H26N2O3/c1-25(2)15-9-11-19-21(13-15)29-22-14-16(26(3)4)10-12-20(22)23(19)17-7-5-6-8-18(17)24(27)28/h5-13,16,23H,14H2,1-4H3,(H,27,28). The maximum absolute atomic E-state index is 11.9. The highest BCUT2D eigenvalue weighted by Crippen LogP contribution is 2.47. The van der Waals surface area contributed by atoms with E-state index in [0.717, 1.165) is 40.3 Å². The van der Waals surface area contributed by atoms with Crippen molar-refractivity contribution in [2.45, 2.75) is 18.4 Å². The lowest BCUT2D eigenvalue weighted by Gasteiger charge is -2.35. The number of aromatic carboxylic acids is 1. The summed E-state index contributed by atoms with van der Waals surface area (Å²) in [4.78, 5) is 16.1. The van der Waals surface area contributed by atoms with Gasteiger partial charge in [0.05, 0.1) is 5.56 Å². The van der Waals surface area contributed by atoms with E-state index in [1.807, 2.05) is 37.2 Å². The molecule has 0 amide bonds. The highest BCUT2D eigenvalue weighted by Gasteiger charge is 2.35. The normalized spacial score (nSPS) is 20.2. The van der Waals surface area contributed by atoms with Crippen molar-refractivity contribution in [1.29, 1.82) is 0 Å². The summed E-state index contributed by atoms with van der Waals surface area (Å²) in [7, 11) is 8.10. The van der Waals surface area contributed by atoms with Gasteiger partial charge in [-0.1, -0.05) is 36.4 Å². The van der Waals surface area contributed by atoms with Crippen molar-refractivity contribution in [3.63, 3.8) is 0 Å². The molecule has 0 spiro atoms. The average molecular weight is 390 g/mol. The number of fused-ring (bicyclic) bond motifs is 1. The molecule has 1 aliphatic heterocycles. The van der Waals surface area contributed by atoms with E-state index >= 15 is 0 Å². The summed E-state index contributed by atoms with van der Waals surface area (Å²) < 4.78 is 6.39. The number of ether oxygens (including phenoxy) is 1. The van der Waals surface area contributed by atoms with Gasteiger partial charge in [-0.2, -0.15) is 0 Å². The van der Waals surface area contributed by atoms with Gasteiger partial charge in [0.2, 0.25) is 0 Å². The number of likely N-dealkylation sites (N-methyl/N-ethyl adjacent to an activating group) is 1. The number of nitrogens with zero attached hydrogens (tertiary/aromatic N) is 2. The summed E-state index contributed by atoms with van der Waals surface area (Å²) in [6.45, 7) is 0. The number of carbonyl (C=O) groups is 1. The molecule has 0 bridgehead atoms. The fourth-order valence-electron chi connectivity index (χ4n) is 4.10. The smallest absolute Gasteiger partial charge is 0.335 e. The first kappa shape index (κ1) is 19.3. The Morgan fingerprint density at radius 2 is 1.83 bits per heavy atom.